The molecule has 234 valence electrons. The molecule has 5 rings (SSSR count). The molecule has 44 heavy (non-hydrogen) atoms. The average Bonchev–Trinajstić information content (AvgIpc) is 2.98. The van der Waals surface area contributed by atoms with Crippen molar-refractivity contribution >= 4 is 0 Å². The lowest BCUT2D eigenvalue weighted by Crippen LogP contribution is -1.89. The minimum Gasteiger partial charge on any atom is -0.508 e. The molecule has 0 radical (unpaired) electrons. The fraction of sp³-hybridized carbons (Fsp3) is 0.231. The van der Waals surface area contributed by atoms with Gasteiger partial charge in [0.1, 0.15) is 17.2 Å². The first kappa shape index (κ1) is 37.4. The van der Waals surface area contributed by atoms with Crippen LogP contribution in [-0.2, 0) is 6.42 Å². The van der Waals surface area contributed by atoms with Gasteiger partial charge in [-0.2, -0.15) is 0 Å². The predicted octanol–water partition coefficient (Wildman–Crippen LogP) is 8.68. The van der Waals surface area contributed by atoms with Crippen LogP contribution in [0.15, 0.2) is 121 Å². The molecule has 0 aliphatic rings. The van der Waals surface area contributed by atoms with Crippen LogP contribution in [0.25, 0.3) is 0 Å². The summed E-state index contributed by atoms with van der Waals surface area (Å²) in [4.78, 5) is 0. The molecule has 5 nitrogen and oxygen atoms in total. The summed E-state index contributed by atoms with van der Waals surface area (Å²) in [5.74, 6) is 1.04. The SMILES string of the molecule is Cc1ccc(C(C)O)cc1.Cc1ccc(O)cc1.Cc1cccc(CCO)c1.Cc1cccc(O)c1.Cc1ccccc1O. The van der Waals surface area contributed by atoms with E-state index in [2.05, 4.69) is 19.1 Å². The molecule has 5 heteroatoms. The zero-order valence-corrected chi connectivity index (χ0v) is 26.8. The van der Waals surface area contributed by atoms with Gasteiger partial charge in [-0.25, -0.2) is 0 Å². The van der Waals surface area contributed by atoms with Crippen molar-refractivity contribution < 1.29 is 25.5 Å². The quantitative estimate of drug-likeness (QED) is 0.143. The monoisotopic (exact) mass is 596 g/mol. The lowest BCUT2D eigenvalue weighted by atomic mass is 10.1. The van der Waals surface area contributed by atoms with E-state index in [1.165, 1.54) is 22.3 Å². The smallest absolute Gasteiger partial charge is 0.118 e. The van der Waals surface area contributed by atoms with Gasteiger partial charge in [0.2, 0.25) is 0 Å². The molecule has 1 unspecified atom stereocenters. The minimum absolute atomic E-state index is 0.240. The van der Waals surface area contributed by atoms with Crippen molar-refractivity contribution in [1.82, 2.24) is 0 Å². The van der Waals surface area contributed by atoms with Gasteiger partial charge in [0.15, 0.2) is 0 Å². The van der Waals surface area contributed by atoms with Crippen molar-refractivity contribution in [2.75, 3.05) is 6.61 Å². The zero-order valence-electron chi connectivity index (χ0n) is 26.8. The molecule has 0 saturated carbocycles. The molecule has 5 aromatic carbocycles. The van der Waals surface area contributed by atoms with E-state index in [0.29, 0.717) is 17.2 Å². The van der Waals surface area contributed by atoms with Crippen LogP contribution in [0.2, 0.25) is 0 Å². The van der Waals surface area contributed by atoms with Crippen molar-refractivity contribution in [3.63, 3.8) is 0 Å². The number of para-hydroxylation sites is 1. The molecular formula is C39H48O5. The van der Waals surface area contributed by atoms with Crippen LogP contribution in [0.3, 0.4) is 0 Å². The van der Waals surface area contributed by atoms with E-state index < -0.39 is 0 Å². The normalized spacial score (nSPS) is 10.2. The summed E-state index contributed by atoms with van der Waals surface area (Å²) < 4.78 is 0. The van der Waals surface area contributed by atoms with E-state index in [0.717, 1.165) is 23.1 Å². The third-order valence-electron chi connectivity index (χ3n) is 6.19. The van der Waals surface area contributed by atoms with Crippen LogP contribution in [0, 0.1) is 34.6 Å². The topological polar surface area (TPSA) is 101 Å². The molecule has 0 aromatic heterocycles. The van der Waals surface area contributed by atoms with E-state index in [4.69, 9.17) is 25.5 Å². The Labute approximate surface area is 263 Å². The van der Waals surface area contributed by atoms with Gasteiger partial charge in [0.25, 0.3) is 0 Å². The maximum absolute atomic E-state index is 9.11. The molecule has 1 atom stereocenters. The molecule has 0 aliphatic carbocycles. The maximum Gasteiger partial charge on any atom is 0.118 e. The van der Waals surface area contributed by atoms with E-state index in [9.17, 15) is 0 Å². The van der Waals surface area contributed by atoms with Gasteiger partial charge in [0, 0.05) is 6.61 Å². The molecule has 0 amide bonds. The van der Waals surface area contributed by atoms with Crippen LogP contribution in [0.1, 0.15) is 52.0 Å². The highest BCUT2D eigenvalue weighted by molar-refractivity contribution is 5.30. The molecular weight excluding hydrogens is 548 g/mol. The lowest BCUT2D eigenvalue weighted by Gasteiger charge is -2.02. The third-order valence-corrected chi connectivity index (χ3v) is 6.19. The van der Waals surface area contributed by atoms with Crippen LogP contribution in [-0.4, -0.2) is 32.1 Å². The number of aromatic hydroxyl groups is 3. The van der Waals surface area contributed by atoms with Gasteiger partial charge in [-0.3, -0.25) is 0 Å². The standard InChI is InChI=1S/2C9H12O.3C7H8O/c1-7-3-5-9(6-4-7)8(2)10;1-8-3-2-4-9(7-8)5-6-10;1-6-2-4-7(8)5-3-6;1-6-3-2-4-7(8)5-6;1-6-4-2-3-5-7(6)8/h3-6,8,10H,1-2H3;2-4,7,10H,5-6H2,1H3;3*2-5,8H,1H3. The number of rotatable bonds is 3. The first-order chi connectivity index (χ1) is 20.9. The first-order valence-electron chi connectivity index (χ1n) is 14.6. The minimum atomic E-state index is -0.347. The Bertz CT molecular complexity index is 1400. The number of hydrogen-bond acceptors (Lipinski definition) is 5. The van der Waals surface area contributed by atoms with Crippen LogP contribution < -0.4 is 0 Å². The fourth-order valence-corrected chi connectivity index (χ4v) is 3.58. The number of benzene rings is 5. The molecule has 0 fully saturated rings. The number of phenolic OH excluding ortho intramolecular Hbond substituents is 3. The summed E-state index contributed by atoms with van der Waals surface area (Å²) in [5, 5.41) is 44.2. The fourth-order valence-electron chi connectivity index (χ4n) is 3.58. The second-order valence-electron chi connectivity index (χ2n) is 10.5. The molecule has 5 N–H and O–H groups in total. The van der Waals surface area contributed by atoms with Crippen molar-refractivity contribution in [2.24, 2.45) is 0 Å². The molecule has 0 aliphatic heterocycles. The molecule has 5 aromatic rings. The van der Waals surface area contributed by atoms with Gasteiger partial charge < -0.3 is 25.5 Å². The van der Waals surface area contributed by atoms with Crippen molar-refractivity contribution in [2.45, 2.75) is 54.1 Å². The summed E-state index contributed by atoms with van der Waals surface area (Å²) >= 11 is 0. The van der Waals surface area contributed by atoms with E-state index in [1.54, 1.807) is 37.3 Å². The molecule has 0 saturated heterocycles. The summed E-state index contributed by atoms with van der Waals surface area (Å²) in [5.41, 5.74) is 7.85. The second-order valence-corrected chi connectivity index (χ2v) is 10.5. The third kappa shape index (κ3) is 17.4. The number of phenols is 3. The largest absolute Gasteiger partial charge is 0.508 e. The van der Waals surface area contributed by atoms with Crippen molar-refractivity contribution in [1.29, 1.82) is 0 Å². The van der Waals surface area contributed by atoms with Crippen LogP contribution >= 0.6 is 0 Å². The van der Waals surface area contributed by atoms with Gasteiger partial charge in [0.05, 0.1) is 6.10 Å². The van der Waals surface area contributed by atoms with Crippen LogP contribution in [0.5, 0.6) is 17.2 Å². The Balaban J connectivity index is 0.000000276. The Morgan fingerprint density at radius 3 is 1.43 bits per heavy atom. The van der Waals surface area contributed by atoms with E-state index in [1.807, 2.05) is 107 Å². The number of hydrogen-bond donors (Lipinski definition) is 5. The Kier molecular flexibility index (Phi) is 18.0. The molecule has 0 heterocycles. The highest BCUT2D eigenvalue weighted by Gasteiger charge is 1.97. The maximum atomic E-state index is 9.11. The summed E-state index contributed by atoms with van der Waals surface area (Å²) in [6.45, 7) is 11.9. The van der Waals surface area contributed by atoms with Crippen molar-refractivity contribution in [3.8, 4) is 17.2 Å². The number of aliphatic hydroxyl groups excluding tert-OH is 2. The second kappa shape index (κ2) is 21.2. The Hall–Kier alpha value is -4.58. The average molecular weight is 597 g/mol. The number of aliphatic hydroxyl groups is 2. The first-order valence-corrected chi connectivity index (χ1v) is 14.6. The molecule has 0 bridgehead atoms. The Morgan fingerprint density at radius 2 is 1.05 bits per heavy atom. The molecule has 0 spiro atoms. The van der Waals surface area contributed by atoms with Gasteiger partial charge in [-0.05, 0) is 101 Å². The summed E-state index contributed by atoms with van der Waals surface area (Å²) in [6, 6.07) is 37.6. The number of aryl methyl sites for hydroxylation is 5. The van der Waals surface area contributed by atoms with E-state index >= 15 is 0 Å². The highest BCUT2D eigenvalue weighted by atomic mass is 16.3. The predicted molar refractivity (Wildman–Crippen MR) is 182 cm³/mol. The summed E-state index contributed by atoms with van der Waals surface area (Å²) in [6.07, 6.45) is 0.419. The van der Waals surface area contributed by atoms with Gasteiger partial charge >= 0.3 is 0 Å². The highest BCUT2D eigenvalue weighted by Crippen LogP contribution is 2.13. The van der Waals surface area contributed by atoms with Gasteiger partial charge in [-0.1, -0.05) is 108 Å². The zero-order chi connectivity index (χ0) is 32.9. The van der Waals surface area contributed by atoms with Gasteiger partial charge in [-0.15, -0.1) is 0 Å². The van der Waals surface area contributed by atoms with Crippen molar-refractivity contribution in [3.05, 3.63) is 160 Å². The van der Waals surface area contributed by atoms with Crippen LogP contribution in [0.4, 0.5) is 0 Å². The Morgan fingerprint density at radius 1 is 0.523 bits per heavy atom. The lowest BCUT2D eigenvalue weighted by molar-refractivity contribution is 0.199. The summed E-state index contributed by atoms with van der Waals surface area (Å²) in [7, 11) is 0. The van der Waals surface area contributed by atoms with E-state index in [-0.39, 0.29) is 12.7 Å².